The van der Waals surface area contributed by atoms with Crippen molar-refractivity contribution in [2.75, 3.05) is 0 Å². The Morgan fingerprint density at radius 1 is 1.15 bits per heavy atom. The number of hydrogen-bond acceptors (Lipinski definition) is 3. The lowest BCUT2D eigenvalue weighted by atomic mass is 10.0. The molecule has 1 amide bonds. The van der Waals surface area contributed by atoms with Crippen molar-refractivity contribution in [1.29, 1.82) is 0 Å². The number of alkyl halides is 3. The van der Waals surface area contributed by atoms with E-state index in [9.17, 15) is 27.2 Å². The highest BCUT2D eigenvalue weighted by Gasteiger charge is 2.41. The highest BCUT2D eigenvalue weighted by atomic mass is 35.5. The van der Waals surface area contributed by atoms with E-state index in [1.165, 1.54) is 19.1 Å². The van der Waals surface area contributed by atoms with Crippen molar-refractivity contribution in [2.45, 2.75) is 25.6 Å². The zero-order valence-corrected chi connectivity index (χ0v) is 19.2. The molecular weight excluding hydrogens is 501 g/mol. The fourth-order valence-electron chi connectivity index (χ4n) is 3.47. The van der Waals surface area contributed by atoms with Gasteiger partial charge in [0.25, 0.3) is 5.91 Å². The minimum absolute atomic E-state index is 0.0955. The second-order valence-electron chi connectivity index (χ2n) is 7.45. The highest BCUT2D eigenvalue weighted by Crippen LogP contribution is 2.35. The van der Waals surface area contributed by atoms with Gasteiger partial charge in [0, 0.05) is 19.0 Å². The highest BCUT2D eigenvalue weighted by molar-refractivity contribution is 6.42. The van der Waals surface area contributed by atoms with Gasteiger partial charge in [0.2, 0.25) is 0 Å². The van der Waals surface area contributed by atoms with Crippen molar-refractivity contribution in [3.8, 4) is 0 Å². The van der Waals surface area contributed by atoms with Gasteiger partial charge in [0.15, 0.2) is 5.69 Å². The molecule has 1 aromatic heterocycles. The number of rotatable bonds is 6. The second-order valence-corrected chi connectivity index (χ2v) is 8.27. The largest absolute Gasteiger partial charge is 0.478 e. The Morgan fingerprint density at radius 3 is 2.38 bits per heavy atom. The first-order valence-corrected chi connectivity index (χ1v) is 10.5. The number of carboxylic acid groups (broad SMARTS) is 1. The van der Waals surface area contributed by atoms with Crippen LogP contribution >= 0.6 is 23.2 Å². The molecule has 180 valence electrons. The van der Waals surface area contributed by atoms with Crippen LogP contribution in [0, 0.1) is 5.82 Å². The van der Waals surface area contributed by atoms with Gasteiger partial charge in [-0.1, -0.05) is 35.3 Å². The number of nitrogens with zero attached hydrogens (tertiary/aromatic N) is 2. The summed E-state index contributed by atoms with van der Waals surface area (Å²) < 4.78 is 56.3. The van der Waals surface area contributed by atoms with Gasteiger partial charge in [0.05, 0.1) is 32.9 Å². The number of carboxylic acids is 1. The van der Waals surface area contributed by atoms with Crippen LogP contribution in [0.15, 0.2) is 36.4 Å². The monoisotopic (exact) mass is 517 g/mol. The molecule has 34 heavy (non-hydrogen) atoms. The molecule has 0 saturated carbocycles. The van der Waals surface area contributed by atoms with Crippen LogP contribution in [0.1, 0.15) is 56.2 Å². The molecule has 3 aromatic rings. The molecule has 1 heterocycles. The number of halogens is 6. The fraction of sp³-hybridized carbons (Fsp3) is 0.227. The number of aromatic carboxylic acids is 1. The quantitative estimate of drug-likeness (QED) is 0.413. The van der Waals surface area contributed by atoms with Crippen LogP contribution in [0.5, 0.6) is 0 Å². The molecule has 2 aromatic carbocycles. The lowest BCUT2D eigenvalue weighted by Gasteiger charge is -2.17. The van der Waals surface area contributed by atoms with Gasteiger partial charge in [0.1, 0.15) is 5.82 Å². The molecule has 0 radical (unpaired) electrons. The summed E-state index contributed by atoms with van der Waals surface area (Å²) >= 11 is 11.9. The third kappa shape index (κ3) is 5.34. The molecule has 2 N–H and O–H groups in total. The van der Waals surface area contributed by atoms with E-state index in [1.807, 2.05) is 0 Å². The molecule has 0 aliphatic heterocycles. The molecule has 12 heteroatoms. The third-order valence-electron chi connectivity index (χ3n) is 5.03. The van der Waals surface area contributed by atoms with Crippen LogP contribution in [-0.4, -0.2) is 26.8 Å². The molecule has 0 fully saturated rings. The van der Waals surface area contributed by atoms with E-state index < -0.39 is 41.2 Å². The average Bonchev–Trinajstić information content (AvgIpc) is 3.06. The Morgan fingerprint density at radius 2 is 1.82 bits per heavy atom. The minimum Gasteiger partial charge on any atom is -0.478 e. The zero-order valence-electron chi connectivity index (χ0n) is 17.7. The molecule has 0 aliphatic rings. The van der Waals surface area contributed by atoms with Gasteiger partial charge in [-0.15, -0.1) is 0 Å². The lowest BCUT2D eigenvalue weighted by Crippen LogP contribution is -2.30. The summed E-state index contributed by atoms with van der Waals surface area (Å²) in [4.78, 5) is 24.0. The first kappa shape index (κ1) is 25.5. The maximum Gasteiger partial charge on any atom is 0.433 e. The summed E-state index contributed by atoms with van der Waals surface area (Å²) in [7, 11) is 1.06. The normalized spacial score (nSPS) is 12.5. The Balaban J connectivity index is 1.98. The minimum atomic E-state index is -4.90. The van der Waals surface area contributed by atoms with E-state index in [0.717, 1.165) is 25.2 Å². The molecule has 0 spiro atoms. The van der Waals surface area contributed by atoms with Crippen LogP contribution in [0.25, 0.3) is 0 Å². The number of amides is 1. The van der Waals surface area contributed by atoms with Crippen molar-refractivity contribution < 1.29 is 32.3 Å². The second kappa shape index (κ2) is 9.63. The van der Waals surface area contributed by atoms with E-state index >= 15 is 0 Å². The molecule has 0 saturated heterocycles. The number of hydrogen-bond donors (Lipinski definition) is 2. The summed E-state index contributed by atoms with van der Waals surface area (Å²) in [6.07, 6.45) is -5.05. The first-order chi connectivity index (χ1) is 15.8. The van der Waals surface area contributed by atoms with Crippen LogP contribution in [0.2, 0.25) is 10.0 Å². The van der Waals surface area contributed by atoms with Crippen molar-refractivity contribution in [3.05, 3.63) is 85.9 Å². The fourth-order valence-corrected chi connectivity index (χ4v) is 3.79. The summed E-state index contributed by atoms with van der Waals surface area (Å²) in [5.74, 6) is -3.39. The van der Waals surface area contributed by atoms with Crippen molar-refractivity contribution in [3.63, 3.8) is 0 Å². The summed E-state index contributed by atoms with van der Waals surface area (Å²) in [6.45, 7) is 1.36. The maximum absolute atomic E-state index is 14.4. The van der Waals surface area contributed by atoms with E-state index in [-0.39, 0.29) is 33.3 Å². The molecule has 0 aliphatic carbocycles. The molecule has 0 bridgehead atoms. The summed E-state index contributed by atoms with van der Waals surface area (Å²) in [5.41, 5.74) is -2.08. The number of benzene rings is 2. The molecule has 3 rings (SSSR count). The van der Waals surface area contributed by atoms with E-state index in [0.29, 0.717) is 10.2 Å². The van der Waals surface area contributed by atoms with Crippen LogP contribution in [0.4, 0.5) is 17.6 Å². The van der Waals surface area contributed by atoms with E-state index in [4.69, 9.17) is 28.3 Å². The predicted molar refractivity (Wildman–Crippen MR) is 117 cm³/mol. The van der Waals surface area contributed by atoms with Gasteiger partial charge in [-0.2, -0.15) is 18.3 Å². The van der Waals surface area contributed by atoms with E-state index in [2.05, 4.69) is 10.4 Å². The topological polar surface area (TPSA) is 84.2 Å². The Labute approximate surface area is 201 Å². The van der Waals surface area contributed by atoms with Crippen molar-refractivity contribution in [2.24, 2.45) is 7.05 Å². The number of carbonyl (C=O) groups is 2. The Hall–Kier alpha value is -3.11. The summed E-state index contributed by atoms with van der Waals surface area (Å²) in [6, 6.07) is 6.43. The number of carbonyl (C=O) groups excluding carboxylic acids is 1. The van der Waals surface area contributed by atoms with Gasteiger partial charge in [-0.25, -0.2) is 9.18 Å². The van der Waals surface area contributed by atoms with Crippen LogP contribution in [0.3, 0.4) is 0 Å². The maximum atomic E-state index is 14.4. The average molecular weight is 518 g/mol. The SMILES string of the molecule is CC(NC(=O)c1c(Cc2ccc(Cl)c(Cl)c2)nn(C)c1C(F)(F)F)c1ccc(C(=O)O)cc1F. The van der Waals surface area contributed by atoms with Gasteiger partial charge < -0.3 is 10.4 Å². The molecular formula is C22H17Cl2F4N3O3. The summed E-state index contributed by atoms with van der Waals surface area (Å²) in [5, 5.41) is 15.6. The van der Waals surface area contributed by atoms with Gasteiger partial charge >= 0.3 is 12.1 Å². The third-order valence-corrected chi connectivity index (χ3v) is 5.77. The first-order valence-electron chi connectivity index (χ1n) is 9.70. The Kier molecular flexibility index (Phi) is 7.23. The lowest BCUT2D eigenvalue weighted by molar-refractivity contribution is -0.144. The molecule has 1 atom stereocenters. The number of nitrogens with one attached hydrogen (secondary N) is 1. The number of aryl methyl sites for hydroxylation is 1. The van der Waals surface area contributed by atoms with E-state index in [1.54, 1.807) is 6.07 Å². The molecule has 1 unspecified atom stereocenters. The van der Waals surface area contributed by atoms with Crippen molar-refractivity contribution >= 4 is 35.1 Å². The molecule has 6 nitrogen and oxygen atoms in total. The standard InChI is InChI=1S/C22H17Cl2F4N3O3/c1-10(13-5-4-12(21(33)34)9-16(13)25)29-20(32)18-17(30-31(2)19(18)22(26,27)28)8-11-3-6-14(23)15(24)7-11/h3-7,9-10H,8H2,1-2H3,(H,29,32)(H,33,34). The predicted octanol–water partition coefficient (Wildman–Crippen LogP) is 5.66. The van der Waals surface area contributed by atoms with Crippen LogP contribution in [-0.2, 0) is 19.6 Å². The zero-order chi connectivity index (χ0) is 25.4. The van der Waals surface area contributed by atoms with Gasteiger partial charge in [-0.3, -0.25) is 9.48 Å². The Bertz CT molecular complexity index is 1280. The van der Waals surface area contributed by atoms with Crippen molar-refractivity contribution in [1.82, 2.24) is 15.1 Å². The van der Waals surface area contributed by atoms with Crippen LogP contribution < -0.4 is 5.32 Å². The van der Waals surface area contributed by atoms with Gasteiger partial charge in [-0.05, 0) is 36.8 Å². The number of aromatic nitrogens is 2. The smallest absolute Gasteiger partial charge is 0.433 e.